The summed E-state index contributed by atoms with van der Waals surface area (Å²) in [7, 11) is 0. The van der Waals surface area contributed by atoms with E-state index in [2.05, 4.69) is 13.8 Å². The van der Waals surface area contributed by atoms with Crippen LogP contribution in [0.25, 0.3) is 0 Å². The Kier molecular flexibility index (Phi) is 15.5. The molecule has 0 nitrogen and oxygen atoms in total. The predicted molar refractivity (Wildman–Crippen MR) is 38.4 cm³/mol. The van der Waals surface area contributed by atoms with Crippen molar-refractivity contribution in [3.8, 4) is 0 Å². The van der Waals surface area contributed by atoms with Crippen LogP contribution in [0.4, 0.5) is 0 Å². The first-order valence-electron chi connectivity index (χ1n) is 2.91. The van der Waals surface area contributed by atoms with Crippen molar-refractivity contribution in [1.82, 2.24) is 0 Å². The molecule has 0 bridgehead atoms. The van der Waals surface area contributed by atoms with Crippen molar-refractivity contribution in [3.05, 3.63) is 0 Å². The van der Waals surface area contributed by atoms with Crippen molar-refractivity contribution >= 4 is 27.3 Å². The standard InChI is InChI=1S/C6H14.Pb.2H/c1-3-5-6-4-2;;;/h3-6H2,1-2H3;;;. The van der Waals surface area contributed by atoms with Gasteiger partial charge in [0.25, 0.3) is 0 Å². The topological polar surface area (TPSA) is 0 Å². The van der Waals surface area contributed by atoms with Crippen LogP contribution in [-0.4, -0.2) is 27.3 Å². The second-order valence-electron chi connectivity index (χ2n) is 1.71. The maximum atomic E-state index is 2.23. The summed E-state index contributed by atoms with van der Waals surface area (Å²) in [4.78, 5) is 0. The zero-order valence-electron chi connectivity index (χ0n) is 5.54. The van der Waals surface area contributed by atoms with Crippen molar-refractivity contribution in [2.24, 2.45) is 0 Å². The van der Waals surface area contributed by atoms with Gasteiger partial charge in [-0.2, -0.15) is 0 Å². The first kappa shape index (κ1) is 10.8. The van der Waals surface area contributed by atoms with Crippen LogP contribution in [0.15, 0.2) is 0 Å². The van der Waals surface area contributed by atoms with Crippen LogP contribution >= 0.6 is 0 Å². The fraction of sp³-hybridized carbons (Fsp3) is 1.00. The molecule has 0 saturated heterocycles. The van der Waals surface area contributed by atoms with Crippen LogP contribution in [0.5, 0.6) is 0 Å². The number of hydrogen-bond donors (Lipinski definition) is 0. The van der Waals surface area contributed by atoms with Gasteiger partial charge in [0.05, 0.1) is 0 Å². The Morgan fingerprint density at radius 2 is 1.14 bits per heavy atom. The summed E-state index contributed by atoms with van der Waals surface area (Å²) in [5.41, 5.74) is 0. The van der Waals surface area contributed by atoms with E-state index in [1.165, 1.54) is 25.7 Å². The van der Waals surface area contributed by atoms with Gasteiger partial charge in [-0.3, -0.25) is 0 Å². The molecule has 0 spiro atoms. The van der Waals surface area contributed by atoms with E-state index in [1.54, 1.807) is 0 Å². The van der Waals surface area contributed by atoms with Gasteiger partial charge >= 0.3 is 27.3 Å². The third-order valence-corrected chi connectivity index (χ3v) is 0.957. The predicted octanol–water partition coefficient (Wildman–Crippen LogP) is 1.67. The zero-order valence-corrected chi connectivity index (χ0v) is 11.0. The third kappa shape index (κ3) is 10.9. The summed E-state index contributed by atoms with van der Waals surface area (Å²) in [6.07, 6.45) is 5.54. The number of rotatable bonds is 3. The molecule has 7 heavy (non-hydrogen) atoms. The van der Waals surface area contributed by atoms with Gasteiger partial charge in [0, 0.05) is 0 Å². The maximum absolute atomic E-state index is 2.23. The summed E-state index contributed by atoms with van der Waals surface area (Å²) < 4.78 is 0. The summed E-state index contributed by atoms with van der Waals surface area (Å²) in [6.45, 7) is 4.46. The molecule has 1 heteroatoms. The molecule has 0 aliphatic heterocycles. The molecule has 0 unspecified atom stereocenters. The van der Waals surface area contributed by atoms with Gasteiger partial charge in [-0.25, -0.2) is 0 Å². The molecule has 2 radical (unpaired) electrons. The van der Waals surface area contributed by atoms with Crippen molar-refractivity contribution in [3.63, 3.8) is 0 Å². The van der Waals surface area contributed by atoms with E-state index in [-0.39, 0.29) is 27.3 Å². The second-order valence-corrected chi connectivity index (χ2v) is 1.71. The van der Waals surface area contributed by atoms with Gasteiger partial charge in [0.2, 0.25) is 0 Å². The first-order chi connectivity index (χ1) is 2.91. The van der Waals surface area contributed by atoms with E-state index in [1.807, 2.05) is 0 Å². The fourth-order valence-electron chi connectivity index (χ4n) is 0.500. The zero-order chi connectivity index (χ0) is 4.83. The van der Waals surface area contributed by atoms with E-state index in [0.29, 0.717) is 0 Å². The molecule has 0 heterocycles. The van der Waals surface area contributed by atoms with E-state index in [9.17, 15) is 0 Å². The molecule has 0 aromatic carbocycles. The van der Waals surface area contributed by atoms with E-state index in [0.717, 1.165) is 0 Å². The summed E-state index contributed by atoms with van der Waals surface area (Å²) in [5.74, 6) is 0. The van der Waals surface area contributed by atoms with Crippen LogP contribution in [0.2, 0.25) is 0 Å². The van der Waals surface area contributed by atoms with Gasteiger partial charge in [-0.1, -0.05) is 39.5 Å². The van der Waals surface area contributed by atoms with E-state index < -0.39 is 0 Å². The van der Waals surface area contributed by atoms with Crippen LogP contribution < -0.4 is 0 Å². The van der Waals surface area contributed by atoms with Crippen molar-refractivity contribution in [2.75, 3.05) is 0 Å². The minimum absolute atomic E-state index is 0. The van der Waals surface area contributed by atoms with Crippen LogP contribution in [-0.2, 0) is 0 Å². The van der Waals surface area contributed by atoms with Crippen molar-refractivity contribution < 1.29 is 0 Å². The SMILES string of the molecule is CCCCCC.[PbH2]. The Hall–Kier alpha value is 0.922. The van der Waals surface area contributed by atoms with Crippen LogP contribution in [0.3, 0.4) is 0 Å². The molecular weight excluding hydrogens is 279 g/mol. The fourth-order valence-corrected chi connectivity index (χ4v) is 0.500. The van der Waals surface area contributed by atoms with Gasteiger partial charge < -0.3 is 0 Å². The molecule has 0 aromatic rings. The van der Waals surface area contributed by atoms with Crippen LogP contribution in [0, 0.1) is 0 Å². The Balaban J connectivity index is 0. The molecule has 0 saturated carbocycles. The van der Waals surface area contributed by atoms with Gasteiger partial charge in [-0.05, 0) is 0 Å². The summed E-state index contributed by atoms with van der Waals surface area (Å²) in [6, 6.07) is 0. The normalized spacial score (nSPS) is 7.71. The Morgan fingerprint density at radius 3 is 1.29 bits per heavy atom. The molecular formula is C6H16Pb. The molecule has 44 valence electrons. The van der Waals surface area contributed by atoms with Crippen molar-refractivity contribution in [2.45, 2.75) is 39.5 Å². The number of unbranched alkanes of at least 4 members (excludes halogenated alkanes) is 3. The minimum atomic E-state index is 0. The number of hydrogen-bond acceptors (Lipinski definition) is 0. The molecule has 0 aromatic heterocycles. The van der Waals surface area contributed by atoms with Gasteiger partial charge in [-0.15, -0.1) is 0 Å². The average molecular weight is 295 g/mol. The molecule has 0 aliphatic carbocycles. The quantitative estimate of drug-likeness (QED) is 0.549. The molecule has 0 rings (SSSR count). The first-order valence-corrected chi connectivity index (χ1v) is 2.91. The summed E-state index contributed by atoms with van der Waals surface area (Å²) >= 11 is 0. The van der Waals surface area contributed by atoms with Gasteiger partial charge in [0.15, 0.2) is 0 Å². The molecule has 0 N–H and O–H groups in total. The average Bonchev–Trinajstić information content (AvgIpc) is 1.61. The Bertz CT molecular complexity index is 16.1. The molecule has 0 atom stereocenters. The third-order valence-electron chi connectivity index (χ3n) is 0.957. The van der Waals surface area contributed by atoms with Gasteiger partial charge in [0.1, 0.15) is 0 Å². The molecule has 0 amide bonds. The van der Waals surface area contributed by atoms with Crippen molar-refractivity contribution in [1.29, 1.82) is 0 Å². The molecule has 0 fully saturated rings. The Labute approximate surface area is 66.8 Å². The second kappa shape index (κ2) is 10.0. The van der Waals surface area contributed by atoms with E-state index >= 15 is 0 Å². The Morgan fingerprint density at radius 1 is 0.857 bits per heavy atom. The summed E-state index contributed by atoms with van der Waals surface area (Å²) in [5, 5.41) is 0. The van der Waals surface area contributed by atoms with E-state index in [4.69, 9.17) is 0 Å². The molecule has 0 aliphatic rings. The monoisotopic (exact) mass is 296 g/mol. The van der Waals surface area contributed by atoms with Crippen LogP contribution in [0.1, 0.15) is 39.5 Å².